The third-order valence-electron chi connectivity index (χ3n) is 13.4. The number of benzene rings is 8. The molecule has 2 heteroatoms. The van der Waals surface area contributed by atoms with Crippen molar-refractivity contribution in [1.82, 2.24) is 0 Å². The fourth-order valence-electron chi connectivity index (χ4n) is 11.3. The molecular weight excluding hydrogens is 681 g/mol. The molecule has 2 nitrogen and oxygen atoms in total. The molecule has 56 heavy (non-hydrogen) atoms. The Labute approximate surface area is 328 Å². The van der Waals surface area contributed by atoms with Crippen LogP contribution in [0.2, 0.25) is 0 Å². The molecule has 0 spiro atoms. The molecule has 0 amide bonds. The lowest BCUT2D eigenvalue weighted by Gasteiger charge is -2.47. The first kappa shape index (κ1) is 33.1. The van der Waals surface area contributed by atoms with Crippen LogP contribution in [0.25, 0.3) is 44.5 Å². The third kappa shape index (κ3) is 4.23. The van der Waals surface area contributed by atoms with Crippen molar-refractivity contribution in [3.8, 4) is 44.5 Å². The van der Waals surface area contributed by atoms with Gasteiger partial charge in [0.2, 0.25) is 0 Å². The van der Waals surface area contributed by atoms with Gasteiger partial charge in [-0.1, -0.05) is 194 Å². The van der Waals surface area contributed by atoms with E-state index >= 15 is 0 Å². The van der Waals surface area contributed by atoms with Crippen LogP contribution >= 0.6 is 0 Å². The molecule has 268 valence electrons. The number of hydrogen-bond acceptors (Lipinski definition) is 2. The van der Waals surface area contributed by atoms with Gasteiger partial charge >= 0.3 is 0 Å². The van der Waals surface area contributed by atoms with Crippen LogP contribution in [0.4, 0.5) is 0 Å². The van der Waals surface area contributed by atoms with Crippen LogP contribution in [0.5, 0.6) is 0 Å². The van der Waals surface area contributed by atoms with Crippen molar-refractivity contribution in [3.63, 3.8) is 0 Å². The molecule has 0 saturated heterocycles. The second-order valence-corrected chi connectivity index (χ2v) is 15.6. The zero-order chi connectivity index (χ0) is 37.4. The molecule has 0 unspecified atom stereocenters. The standard InChI is InChI=1S/C28H22O2.C26H18/c29-17-27(23-13-5-1-9-19(23)20-10-2-6-14-24(20)27)28(18-30)25-15-7-3-11-21(25)22-12-4-8-16-26(22)28;1-5-13-21-17(9-1)18-10-2-6-14-22(18)25(21)26-23-15-7-3-11-19(23)20-12-4-8-16-24(20)26/h1-16,29-30H,17-18H2;1-16,25-26H. The fourth-order valence-corrected chi connectivity index (χ4v) is 11.3. The van der Waals surface area contributed by atoms with Gasteiger partial charge in [-0.05, 0) is 89.0 Å². The SMILES string of the molecule is OCC1(C2(CO)c3ccccc3-c3ccccc32)c2ccccc2-c2ccccc21.c1ccc2c(c1)-c1ccccc1C2C1c2ccccc2-c2ccccc21. The summed E-state index contributed by atoms with van der Waals surface area (Å²) in [5.74, 6) is 0.763. The number of aliphatic hydroxyl groups excluding tert-OH is 2. The van der Waals surface area contributed by atoms with Gasteiger partial charge in [0.1, 0.15) is 0 Å². The van der Waals surface area contributed by atoms with Gasteiger partial charge in [-0.2, -0.15) is 0 Å². The van der Waals surface area contributed by atoms with Crippen molar-refractivity contribution in [2.24, 2.45) is 0 Å². The Kier molecular flexibility index (Phi) is 7.44. The molecule has 0 fully saturated rings. The summed E-state index contributed by atoms with van der Waals surface area (Å²) in [6, 6.07) is 69.1. The Balaban J connectivity index is 0.000000131. The van der Waals surface area contributed by atoms with Crippen molar-refractivity contribution in [1.29, 1.82) is 0 Å². The Bertz CT molecular complexity index is 2450. The third-order valence-corrected chi connectivity index (χ3v) is 13.4. The summed E-state index contributed by atoms with van der Waals surface area (Å²) in [6.07, 6.45) is 0. The summed E-state index contributed by atoms with van der Waals surface area (Å²) in [4.78, 5) is 0. The first-order chi connectivity index (χ1) is 27.7. The van der Waals surface area contributed by atoms with Crippen molar-refractivity contribution in [2.45, 2.75) is 22.7 Å². The first-order valence-corrected chi connectivity index (χ1v) is 19.7. The van der Waals surface area contributed by atoms with Crippen LogP contribution < -0.4 is 0 Å². The van der Waals surface area contributed by atoms with Crippen molar-refractivity contribution in [3.05, 3.63) is 239 Å². The molecule has 4 aliphatic carbocycles. The number of aliphatic hydroxyl groups is 2. The Hall–Kier alpha value is -6.32. The molecule has 0 aromatic heterocycles. The average Bonchev–Trinajstić information content (AvgIpc) is 3.97. The molecular formula is C54H40O2. The lowest BCUT2D eigenvalue weighted by Crippen LogP contribution is -2.53. The lowest BCUT2D eigenvalue weighted by molar-refractivity contribution is 0.111. The van der Waals surface area contributed by atoms with Gasteiger partial charge in [-0.25, -0.2) is 0 Å². The first-order valence-electron chi connectivity index (χ1n) is 19.7. The van der Waals surface area contributed by atoms with Gasteiger partial charge in [0.25, 0.3) is 0 Å². The highest BCUT2D eigenvalue weighted by Gasteiger charge is 2.62. The predicted molar refractivity (Wildman–Crippen MR) is 227 cm³/mol. The van der Waals surface area contributed by atoms with Crippen molar-refractivity contribution >= 4 is 0 Å². The molecule has 0 atom stereocenters. The van der Waals surface area contributed by atoms with E-state index in [0.717, 1.165) is 44.5 Å². The number of rotatable bonds is 4. The van der Waals surface area contributed by atoms with Crippen LogP contribution in [-0.4, -0.2) is 23.4 Å². The summed E-state index contributed by atoms with van der Waals surface area (Å²) in [6.45, 7) is -0.186. The topological polar surface area (TPSA) is 40.5 Å². The lowest BCUT2D eigenvalue weighted by atomic mass is 9.55. The van der Waals surface area contributed by atoms with Crippen LogP contribution in [0.3, 0.4) is 0 Å². The summed E-state index contributed by atoms with van der Waals surface area (Å²) in [5.41, 5.74) is 18.7. The molecule has 0 saturated carbocycles. The molecule has 8 aromatic carbocycles. The minimum absolute atomic E-state index is 0.0930. The molecule has 2 N–H and O–H groups in total. The Morgan fingerprint density at radius 1 is 0.268 bits per heavy atom. The van der Waals surface area contributed by atoms with E-state index in [1.54, 1.807) is 0 Å². The van der Waals surface area contributed by atoms with Crippen LogP contribution in [0, 0.1) is 0 Å². The molecule has 8 aromatic rings. The zero-order valence-electron chi connectivity index (χ0n) is 30.9. The molecule has 0 radical (unpaired) electrons. The maximum atomic E-state index is 11.2. The van der Waals surface area contributed by atoms with E-state index in [1.807, 2.05) is 48.5 Å². The summed E-state index contributed by atoms with van der Waals surface area (Å²) >= 11 is 0. The normalized spacial score (nSPS) is 15.6. The van der Waals surface area contributed by atoms with E-state index in [4.69, 9.17) is 0 Å². The van der Waals surface area contributed by atoms with E-state index in [1.165, 1.54) is 44.5 Å². The number of fused-ring (bicyclic) bond motifs is 12. The minimum atomic E-state index is -0.780. The van der Waals surface area contributed by atoms with Crippen LogP contribution in [-0.2, 0) is 10.8 Å². The van der Waals surface area contributed by atoms with Gasteiger partial charge in [0, 0.05) is 11.8 Å². The zero-order valence-corrected chi connectivity index (χ0v) is 30.9. The monoisotopic (exact) mass is 720 g/mol. The highest BCUT2D eigenvalue weighted by Crippen LogP contribution is 2.65. The maximum Gasteiger partial charge on any atom is 0.0605 e. The highest BCUT2D eigenvalue weighted by atomic mass is 16.3. The van der Waals surface area contributed by atoms with Crippen LogP contribution in [0.15, 0.2) is 194 Å². The van der Waals surface area contributed by atoms with E-state index < -0.39 is 10.8 Å². The van der Waals surface area contributed by atoms with Gasteiger partial charge < -0.3 is 10.2 Å². The molecule has 0 heterocycles. The average molecular weight is 721 g/mol. The Morgan fingerprint density at radius 3 is 0.696 bits per heavy atom. The largest absolute Gasteiger partial charge is 0.395 e. The van der Waals surface area contributed by atoms with Gasteiger partial charge in [-0.3, -0.25) is 0 Å². The van der Waals surface area contributed by atoms with Gasteiger partial charge in [0.05, 0.1) is 24.0 Å². The van der Waals surface area contributed by atoms with E-state index in [9.17, 15) is 10.2 Å². The summed E-state index contributed by atoms with van der Waals surface area (Å²) in [7, 11) is 0. The summed E-state index contributed by atoms with van der Waals surface area (Å²) in [5, 5.41) is 22.4. The molecule has 0 aliphatic heterocycles. The van der Waals surface area contributed by atoms with Crippen LogP contribution in [0.1, 0.15) is 56.3 Å². The van der Waals surface area contributed by atoms with E-state index in [0.29, 0.717) is 11.8 Å². The van der Waals surface area contributed by atoms with Gasteiger partial charge in [0.15, 0.2) is 0 Å². The second kappa shape index (κ2) is 12.6. The minimum Gasteiger partial charge on any atom is -0.395 e. The molecule has 0 bridgehead atoms. The second-order valence-electron chi connectivity index (χ2n) is 15.6. The van der Waals surface area contributed by atoms with E-state index in [2.05, 4.69) is 146 Å². The number of hydrogen-bond donors (Lipinski definition) is 2. The van der Waals surface area contributed by atoms with Crippen molar-refractivity contribution in [2.75, 3.05) is 13.2 Å². The summed E-state index contributed by atoms with van der Waals surface area (Å²) < 4.78 is 0. The quantitative estimate of drug-likeness (QED) is 0.190. The van der Waals surface area contributed by atoms with Gasteiger partial charge in [-0.15, -0.1) is 0 Å². The highest BCUT2D eigenvalue weighted by molar-refractivity contribution is 5.89. The Morgan fingerprint density at radius 2 is 0.464 bits per heavy atom. The predicted octanol–water partition coefficient (Wildman–Crippen LogP) is 11.5. The smallest absolute Gasteiger partial charge is 0.0605 e. The fraction of sp³-hybridized carbons (Fsp3) is 0.111. The molecule has 12 rings (SSSR count). The van der Waals surface area contributed by atoms with E-state index in [-0.39, 0.29) is 13.2 Å². The maximum absolute atomic E-state index is 11.2. The molecule has 4 aliphatic rings. The van der Waals surface area contributed by atoms with Crippen molar-refractivity contribution < 1.29 is 10.2 Å².